The van der Waals surface area contributed by atoms with Gasteiger partial charge in [0.2, 0.25) is 11.8 Å². The van der Waals surface area contributed by atoms with E-state index in [1.807, 2.05) is 6.92 Å². The molecule has 1 atom stereocenters. The van der Waals surface area contributed by atoms with E-state index in [-0.39, 0.29) is 24.0 Å². The van der Waals surface area contributed by atoms with Gasteiger partial charge in [-0.25, -0.2) is 0 Å². The van der Waals surface area contributed by atoms with Gasteiger partial charge in [0.05, 0.1) is 13.3 Å². The number of nitrogens with zero attached hydrogens (tertiary/aromatic N) is 2. The number of thioether (sulfide) groups is 1. The Hall–Kier alpha value is -3.04. The van der Waals surface area contributed by atoms with E-state index in [1.54, 1.807) is 30.3 Å². The van der Waals surface area contributed by atoms with Crippen LogP contribution in [0.5, 0.6) is 11.5 Å². The summed E-state index contributed by atoms with van der Waals surface area (Å²) in [6.45, 7) is 1.87. The molecule has 0 aliphatic carbocycles. The van der Waals surface area contributed by atoms with Crippen LogP contribution < -0.4 is 15.4 Å². The molecule has 0 unspecified atom stereocenters. The van der Waals surface area contributed by atoms with Crippen molar-refractivity contribution in [2.45, 2.75) is 18.6 Å². The molecule has 1 heterocycles. The average Bonchev–Trinajstić information content (AvgIpc) is 3.05. The second-order valence-corrected chi connectivity index (χ2v) is 7.99. The fourth-order valence-electron chi connectivity index (χ4n) is 2.56. The topological polar surface area (TPSA) is 112 Å². The number of carbonyl (C=O) groups excluding carboxylic acids is 2. The Balaban J connectivity index is 1.57. The predicted octanol–water partition coefficient (Wildman–Crippen LogP) is 3.31. The molecule has 10 heteroatoms. The van der Waals surface area contributed by atoms with Crippen molar-refractivity contribution in [1.29, 1.82) is 0 Å². The number of nitrogens with one attached hydrogen (secondary N) is 2. The molecule has 0 aromatic heterocycles. The molecule has 2 amide bonds. The SMILES string of the molecule is COc1cc(/C=N/N=C2\NC(=O)[C@@H](CC(=O)Nc3ccc(C)c(Cl)c3)S2)ccc1O. The first kappa shape index (κ1) is 21.7. The molecule has 0 saturated carbocycles. The third-order valence-electron chi connectivity index (χ3n) is 4.16. The number of amides is 2. The van der Waals surface area contributed by atoms with Crippen LogP contribution in [-0.4, -0.2) is 40.7 Å². The minimum atomic E-state index is -0.603. The van der Waals surface area contributed by atoms with Crippen molar-refractivity contribution in [3.63, 3.8) is 0 Å². The number of amidine groups is 1. The number of aromatic hydroxyl groups is 1. The average molecular weight is 447 g/mol. The van der Waals surface area contributed by atoms with E-state index in [2.05, 4.69) is 20.8 Å². The van der Waals surface area contributed by atoms with Crippen molar-refractivity contribution >= 4 is 52.2 Å². The molecule has 3 rings (SSSR count). The molecule has 0 radical (unpaired) electrons. The number of ether oxygens (including phenoxy) is 1. The van der Waals surface area contributed by atoms with Crippen molar-refractivity contribution < 1.29 is 19.4 Å². The Bertz CT molecular complexity index is 1040. The van der Waals surface area contributed by atoms with Crippen LogP contribution in [0.15, 0.2) is 46.6 Å². The van der Waals surface area contributed by atoms with Gasteiger partial charge in [0.15, 0.2) is 16.7 Å². The lowest BCUT2D eigenvalue weighted by Crippen LogP contribution is -2.28. The summed E-state index contributed by atoms with van der Waals surface area (Å²) in [5, 5.41) is 23.1. The van der Waals surface area contributed by atoms with E-state index in [4.69, 9.17) is 16.3 Å². The van der Waals surface area contributed by atoms with Gasteiger partial charge in [0.1, 0.15) is 5.25 Å². The van der Waals surface area contributed by atoms with Crippen LogP contribution in [0.2, 0.25) is 5.02 Å². The molecule has 2 aromatic rings. The van der Waals surface area contributed by atoms with Crippen LogP contribution >= 0.6 is 23.4 Å². The number of halogens is 1. The molecule has 8 nitrogen and oxygen atoms in total. The van der Waals surface area contributed by atoms with E-state index < -0.39 is 5.25 Å². The number of hydrogen-bond donors (Lipinski definition) is 3. The number of anilines is 1. The smallest absolute Gasteiger partial charge is 0.240 e. The second kappa shape index (κ2) is 9.64. The quantitative estimate of drug-likeness (QED) is 0.465. The zero-order valence-electron chi connectivity index (χ0n) is 16.2. The van der Waals surface area contributed by atoms with E-state index in [1.165, 1.54) is 19.4 Å². The van der Waals surface area contributed by atoms with Gasteiger partial charge in [0, 0.05) is 17.1 Å². The lowest BCUT2D eigenvalue weighted by Gasteiger charge is -2.08. The second-order valence-electron chi connectivity index (χ2n) is 6.39. The van der Waals surface area contributed by atoms with Gasteiger partial charge in [-0.15, -0.1) is 5.10 Å². The van der Waals surface area contributed by atoms with Crippen molar-refractivity contribution in [3.8, 4) is 11.5 Å². The largest absolute Gasteiger partial charge is 0.504 e. The van der Waals surface area contributed by atoms with Gasteiger partial charge in [0.25, 0.3) is 0 Å². The number of carbonyl (C=O) groups is 2. The van der Waals surface area contributed by atoms with E-state index in [0.717, 1.165) is 17.3 Å². The van der Waals surface area contributed by atoms with Crippen LogP contribution in [0.25, 0.3) is 0 Å². The van der Waals surface area contributed by atoms with Gasteiger partial charge >= 0.3 is 0 Å². The molecule has 1 saturated heterocycles. The van der Waals surface area contributed by atoms with Crippen LogP contribution in [-0.2, 0) is 9.59 Å². The highest BCUT2D eigenvalue weighted by molar-refractivity contribution is 8.15. The molecular weight excluding hydrogens is 428 g/mol. The Morgan fingerprint density at radius 1 is 1.37 bits per heavy atom. The number of hydrogen-bond acceptors (Lipinski definition) is 7. The van der Waals surface area contributed by atoms with E-state index >= 15 is 0 Å². The Morgan fingerprint density at radius 2 is 2.17 bits per heavy atom. The highest BCUT2D eigenvalue weighted by Crippen LogP contribution is 2.26. The standard InChI is InChI=1S/C20H19ClN4O4S/c1-11-3-5-13(8-14(11)21)23-18(27)9-17-19(28)24-20(30-17)25-22-10-12-4-6-15(26)16(7-12)29-2/h3-8,10,17,26H,9H2,1-2H3,(H,23,27)(H,24,25,28)/b22-10+/t17-/m1/s1. The molecule has 1 fully saturated rings. The molecule has 30 heavy (non-hydrogen) atoms. The maximum absolute atomic E-state index is 12.3. The third-order valence-corrected chi connectivity index (χ3v) is 5.64. The van der Waals surface area contributed by atoms with E-state index in [0.29, 0.717) is 27.2 Å². The maximum atomic E-state index is 12.3. The fraction of sp³-hybridized carbons (Fsp3) is 0.200. The Kier molecular flexibility index (Phi) is 6.96. The first-order valence-electron chi connectivity index (χ1n) is 8.87. The van der Waals surface area contributed by atoms with Gasteiger partial charge in [-0.3, -0.25) is 9.59 Å². The summed E-state index contributed by atoms with van der Waals surface area (Å²) < 4.78 is 5.03. The number of benzene rings is 2. The van der Waals surface area contributed by atoms with E-state index in [9.17, 15) is 14.7 Å². The lowest BCUT2D eigenvalue weighted by molar-refractivity contribution is -0.122. The first-order valence-corrected chi connectivity index (χ1v) is 10.1. The Labute approximate surface area is 182 Å². The highest BCUT2D eigenvalue weighted by Gasteiger charge is 2.32. The number of methoxy groups -OCH3 is 1. The molecule has 0 spiro atoms. The van der Waals surface area contributed by atoms with Crippen molar-refractivity contribution in [2.24, 2.45) is 10.2 Å². The third kappa shape index (κ3) is 5.52. The van der Waals surface area contributed by atoms with Crippen LogP contribution in [0.4, 0.5) is 5.69 Å². The Morgan fingerprint density at radius 3 is 2.90 bits per heavy atom. The minimum Gasteiger partial charge on any atom is -0.504 e. The maximum Gasteiger partial charge on any atom is 0.240 e. The summed E-state index contributed by atoms with van der Waals surface area (Å²) in [5.74, 6) is -0.273. The summed E-state index contributed by atoms with van der Waals surface area (Å²) in [5.41, 5.74) is 2.14. The lowest BCUT2D eigenvalue weighted by atomic mass is 10.2. The first-order chi connectivity index (χ1) is 14.4. The number of rotatable bonds is 6. The zero-order chi connectivity index (χ0) is 21.7. The van der Waals surface area contributed by atoms with Gasteiger partial charge in [-0.2, -0.15) is 5.10 Å². The van der Waals surface area contributed by atoms with Crippen molar-refractivity contribution in [1.82, 2.24) is 5.32 Å². The number of phenolic OH excluding ortho intramolecular Hbond substituents is 1. The van der Waals surface area contributed by atoms with Crippen molar-refractivity contribution in [2.75, 3.05) is 12.4 Å². The molecule has 156 valence electrons. The summed E-state index contributed by atoms with van der Waals surface area (Å²) >= 11 is 7.19. The summed E-state index contributed by atoms with van der Waals surface area (Å²) in [6.07, 6.45) is 1.45. The van der Waals surface area contributed by atoms with Crippen molar-refractivity contribution in [3.05, 3.63) is 52.5 Å². The van der Waals surface area contributed by atoms with Crippen LogP contribution in [0.3, 0.4) is 0 Å². The minimum absolute atomic E-state index is 0.0140. The number of aryl methyl sites for hydroxylation is 1. The molecule has 0 bridgehead atoms. The van der Waals surface area contributed by atoms with Gasteiger partial charge < -0.3 is 20.5 Å². The summed E-state index contributed by atoms with van der Waals surface area (Å²) in [4.78, 5) is 24.4. The monoisotopic (exact) mass is 446 g/mol. The van der Waals surface area contributed by atoms with Gasteiger partial charge in [-0.1, -0.05) is 29.4 Å². The molecular formula is C20H19ClN4O4S. The number of phenols is 1. The zero-order valence-corrected chi connectivity index (χ0v) is 17.8. The fourth-order valence-corrected chi connectivity index (χ4v) is 3.66. The van der Waals surface area contributed by atoms with Crippen LogP contribution in [0.1, 0.15) is 17.5 Å². The van der Waals surface area contributed by atoms with Crippen LogP contribution in [0, 0.1) is 6.92 Å². The summed E-state index contributed by atoms with van der Waals surface area (Å²) in [6, 6.07) is 9.95. The normalized spacial score (nSPS) is 17.4. The molecule has 2 aromatic carbocycles. The molecule has 3 N–H and O–H groups in total. The molecule has 1 aliphatic rings. The molecule has 1 aliphatic heterocycles. The summed E-state index contributed by atoms with van der Waals surface area (Å²) in [7, 11) is 1.45. The highest BCUT2D eigenvalue weighted by atomic mass is 35.5. The van der Waals surface area contributed by atoms with Gasteiger partial charge in [-0.05, 0) is 48.4 Å². The predicted molar refractivity (Wildman–Crippen MR) is 119 cm³/mol.